The molecule has 0 spiro atoms. The van der Waals surface area contributed by atoms with Gasteiger partial charge in [-0.05, 0) is 48.9 Å². The zero-order valence-corrected chi connectivity index (χ0v) is 14.1. The molecule has 25 heavy (non-hydrogen) atoms. The molecule has 0 saturated heterocycles. The largest absolute Gasteiger partial charge is 0.494 e. The average molecular weight is 332 g/mol. The number of aromatic nitrogens is 3. The Labute approximate surface area is 146 Å². The van der Waals surface area contributed by atoms with E-state index in [2.05, 4.69) is 27.4 Å². The van der Waals surface area contributed by atoms with E-state index < -0.39 is 0 Å². The van der Waals surface area contributed by atoms with Gasteiger partial charge in [0.2, 0.25) is 0 Å². The molecule has 0 saturated carbocycles. The molecule has 2 heterocycles. The van der Waals surface area contributed by atoms with E-state index in [1.807, 2.05) is 54.9 Å². The summed E-state index contributed by atoms with van der Waals surface area (Å²) < 4.78 is 5.72. The molecule has 0 amide bonds. The number of ether oxygens (including phenoxy) is 1. The van der Waals surface area contributed by atoms with Gasteiger partial charge in [0.25, 0.3) is 0 Å². The second-order valence-corrected chi connectivity index (χ2v) is 6.00. The lowest BCUT2D eigenvalue weighted by Crippen LogP contribution is -1.97. The van der Waals surface area contributed by atoms with Crippen molar-refractivity contribution in [2.75, 3.05) is 11.9 Å². The van der Waals surface area contributed by atoms with Gasteiger partial charge in [0.05, 0.1) is 29.5 Å². The van der Waals surface area contributed by atoms with Crippen LogP contribution in [0.25, 0.3) is 21.8 Å². The average Bonchev–Trinajstić information content (AvgIpc) is 3.12. The van der Waals surface area contributed by atoms with Gasteiger partial charge in [0.15, 0.2) is 0 Å². The van der Waals surface area contributed by atoms with Crippen molar-refractivity contribution in [3.8, 4) is 5.75 Å². The van der Waals surface area contributed by atoms with Crippen molar-refractivity contribution in [3.05, 3.63) is 54.9 Å². The van der Waals surface area contributed by atoms with E-state index in [0.29, 0.717) is 0 Å². The molecular weight excluding hydrogens is 312 g/mol. The lowest BCUT2D eigenvalue weighted by Gasteiger charge is -2.11. The fourth-order valence-electron chi connectivity index (χ4n) is 2.89. The molecule has 2 aromatic carbocycles. The van der Waals surface area contributed by atoms with E-state index in [-0.39, 0.29) is 0 Å². The van der Waals surface area contributed by atoms with Crippen molar-refractivity contribution >= 4 is 33.2 Å². The van der Waals surface area contributed by atoms with Gasteiger partial charge >= 0.3 is 0 Å². The van der Waals surface area contributed by atoms with Crippen LogP contribution in [-0.2, 0) is 0 Å². The Kier molecular flexibility index (Phi) is 4.21. The minimum atomic E-state index is 0.760. The van der Waals surface area contributed by atoms with Gasteiger partial charge in [-0.1, -0.05) is 13.3 Å². The Hall–Kier alpha value is -3.08. The van der Waals surface area contributed by atoms with Gasteiger partial charge in [-0.2, -0.15) is 5.10 Å². The molecule has 0 aliphatic carbocycles. The van der Waals surface area contributed by atoms with Crippen LogP contribution in [-0.4, -0.2) is 21.8 Å². The van der Waals surface area contributed by atoms with Crippen molar-refractivity contribution in [2.24, 2.45) is 0 Å². The fourth-order valence-corrected chi connectivity index (χ4v) is 2.89. The first-order valence-electron chi connectivity index (χ1n) is 8.56. The summed E-state index contributed by atoms with van der Waals surface area (Å²) in [6, 6.07) is 14.1. The molecule has 0 atom stereocenters. The summed E-state index contributed by atoms with van der Waals surface area (Å²) in [6.07, 6.45) is 5.85. The molecule has 126 valence electrons. The van der Waals surface area contributed by atoms with Crippen molar-refractivity contribution in [1.82, 2.24) is 15.2 Å². The Morgan fingerprint density at radius 3 is 2.80 bits per heavy atom. The number of pyridine rings is 1. The number of aromatic amines is 1. The summed E-state index contributed by atoms with van der Waals surface area (Å²) in [5.74, 6) is 0.898. The topological polar surface area (TPSA) is 62.8 Å². The first-order chi connectivity index (χ1) is 12.3. The Bertz CT molecular complexity index is 992. The number of anilines is 2. The van der Waals surface area contributed by atoms with Crippen LogP contribution in [0.1, 0.15) is 19.8 Å². The highest BCUT2D eigenvalue weighted by molar-refractivity contribution is 6.10. The van der Waals surface area contributed by atoms with Gasteiger partial charge in [-0.25, -0.2) is 0 Å². The molecule has 0 aliphatic heterocycles. The number of unbranched alkanes of at least 4 members (excludes halogenated alkanes) is 1. The highest BCUT2D eigenvalue weighted by atomic mass is 16.5. The normalized spacial score (nSPS) is 11.1. The quantitative estimate of drug-likeness (QED) is 0.486. The first-order valence-corrected chi connectivity index (χ1v) is 8.56. The number of nitrogens with zero attached hydrogens (tertiary/aromatic N) is 2. The van der Waals surface area contributed by atoms with Gasteiger partial charge in [0, 0.05) is 22.7 Å². The highest BCUT2D eigenvalue weighted by Gasteiger charge is 2.08. The Morgan fingerprint density at radius 2 is 1.96 bits per heavy atom. The van der Waals surface area contributed by atoms with Crippen LogP contribution in [0.3, 0.4) is 0 Å². The summed E-state index contributed by atoms with van der Waals surface area (Å²) in [6.45, 7) is 2.92. The second-order valence-electron chi connectivity index (χ2n) is 6.00. The maximum Gasteiger partial charge on any atom is 0.119 e. The summed E-state index contributed by atoms with van der Waals surface area (Å²) in [4.78, 5) is 4.46. The maximum absolute atomic E-state index is 5.72. The molecule has 5 nitrogen and oxygen atoms in total. The minimum Gasteiger partial charge on any atom is -0.494 e. The lowest BCUT2D eigenvalue weighted by atomic mass is 10.1. The fraction of sp³-hybridized carbons (Fsp3) is 0.200. The minimum absolute atomic E-state index is 0.760. The third-order valence-electron chi connectivity index (χ3n) is 4.22. The van der Waals surface area contributed by atoms with E-state index in [0.717, 1.165) is 58.4 Å². The maximum atomic E-state index is 5.72. The summed E-state index contributed by atoms with van der Waals surface area (Å²) in [7, 11) is 0. The van der Waals surface area contributed by atoms with Crippen LogP contribution in [0.2, 0.25) is 0 Å². The van der Waals surface area contributed by atoms with E-state index in [9.17, 15) is 0 Å². The van der Waals surface area contributed by atoms with Gasteiger partial charge in [0.1, 0.15) is 5.75 Å². The molecule has 4 rings (SSSR count). The number of benzene rings is 2. The van der Waals surface area contributed by atoms with E-state index in [1.54, 1.807) is 0 Å². The van der Waals surface area contributed by atoms with E-state index in [4.69, 9.17) is 4.74 Å². The molecule has 0 fully saturated rings. The third-order valence-corrected chi connectivity index (χ3v) is 4.22. The molecule has 0 bridgehead atoms. The van der Waals surface area contributed by atoms with Gasteiger partial charge in [-0.3, -0.25) is 10.1 Å². The first kappa shape index (κ1) is 15.4. The number of rotatable bonds is 6. The molecule has 2 aromatic heterocycles. The number of nitrogens with one attached hydrogen (secondary N) is 2. The highest BCUT2D eigenvalue weighted by Crippen LogP contribution is 2.31. The van der Waals surface area contributed by atoms with Crippen molar-refractivity contribution in [3.63, 3.8) is 0 Å². The van der Waals surface area contributed by atoms with Crippen LogP contribution in [0.5, 0.6) is 5.75 Å². The van der Waals surface area contributed by atoms with Crippen molar-refractivity contribution in [1.29, 1.82) is 0 Å². The predicted octanol–water partition coefficient (Wildman–Crippen LogP) is 5.03. The monoisotopic (exact) mass is 332 g/mol. The molecule has 0 aliphatic rings. The second kappa shape index (κ2) is 6.81. The molecular formula is C20H20N4O. The summed E-state index contributed by atoms with van der Waals surface area (Å²) in [5.41, 5.74) is 3.93. The molecule has 0 unspecified atom stereocenters. The lowest BCUT2D eigenvalue weighted by molar-refractivity contribution is 0.309. The predicted molar refractivity (Wildman–Crippen MR) is 102 cm³/mol. The smallest absolute Gasteiger partial charge is 0.119 e. The zero-order chi connectivity index (χ0) is 17.1. The van der Waals surface area contributed by atoms with Crippen LogP contribution in [0, 0.1) is 0 Å². The SMILES string of the molecule is CCCCOc1ccc(Nc2ccnc3ccc4cn[nH]c4c23)cc1. The summed E-state index contributed by atoms with van der Waals surface area (Å²) >= 11 is 0. The standard InChI is InChI=1S/C20H20N4O/c1-2-3-12-25-16-7-5-15(6-8-16)23-18-10-11-21-17-9-4-14-13-22-24-20(14)19(17)18/h4-11,13H,2-3,12H2,1H3,(H,21,23)(H,22,24). The van der Waals surface area contributed by atoms with Crippen molar-refractivity contribution < 1.29 is 4.74 Å². The molecule has 4 aromatic rings. The van der Waals surface area contributed by atoms with Gasteiger partial charge in [-0.15, -0.1) is 0 Å². The zero-order valence-electron chi connectivity index (χ0n) is 14.1. The van der Waals surface area contributed by atoms with Crippen LogP contribution in [0.4, 0.5) is 11.4 Å². The number of hydrogen-bond donors (Lipinski definition) is 2. The number of fused-ring (bicyclic) bond motifs is 3. The third kappa shape index (κ3) is 3.13. The van der Waals surface area contributed by atoms with Crippen LogP contribution >= 0.6 is 0 Å². The Morgan fingerprint density at radius 1 is 1.08 bits per heavy atom. The van der Waals surface area contributed by atoms with Gasteiger partial charge < -0.3 is 10.1 Å². The molecule has 0 radical (unpaired) electrons. The number of H-pyrrole nitrogens is 1. The van der Waals surface area contributed by atoms with E-state index >= 15 is 0 Å². The Balaban J connectivity index is 1.63. The summed E-state index contributed by atoms with van der Waals surface area (Å²) in [5, 5.41) is 12.8. The molecule has 5 heteroatoms. The number of hydrogen-bond acceptors (Lipinski definition) is 4. The van der Waals surface area contributed by atoms with Crippen molar-refractivity contribution in [2.45, 2.75) is 19.8 Å². The van der Waals surface area contributed by atoms with Crippen LogP contribution < -0.4 is 10.1 Å². The van der Waals surface area contributed by atoms with E-state index in [1.165, 1.54) is 0 Å². The molecule has 2 N–H and O–H groups in total. The van der Waals surface area contributed by atoms with Crippen LogP contribution in [0.15, 0.2) is 54.9 Å².